The highest BCUT2D eigenvalue weighted by Gasteiger charge is 2.52. The van der Waals surface area contributed by atoms with Crippen molar-refractivity contribution in [3.05, 3.63) is 252 Å². The van der Waals surface area contributed by atoms with Gasteiger partial charge in [-0.3, -0.25) is 0 Å². The van der Waals surface area contributed by atoms with Crippen LogP contribution in [0.5, 0.6) is 0 Å². The van der Waals surface area contributed by atoms with Crippen LogP contribution in [0, 0.1) is 0 Å². The van der Waals surface area contributed by atoms with Crippen molar-refractivity contribution >= 4 is 80.6 Å². The summed E-state index contributed by atoms with van der Waals surface area (Å²) in [6, 6.07) is 81.3. The zero-order valence-electron chi connectivity index (χ0n) is 35.2. The summed E-state index contributed by atoms with van der Waals surface area (Å²) in [6.07, 6.45) is 4.57. The Morgan fingerprint density at radius 3 is 1.26 bits per heavy atom. The third-order valence-electron chi connectivity index (χ3n) is 13.8. The van der Waals surface area contributed by atoms with E-state index < -0.39 is 5.41 Å². The van der Waals surface area contributed by atoms with Crippen molar-refractivity contribution in [3.8, 4) is 22.3 Å². The summed E-state index contributed by atoms with van der Waals surface area (Å²) in [5.74, 6) is 0. The molecule has 0 radical (unpaired) electrons. The molecule has 304 valence electrons. The van der Waals surface area contributed by atoms with Crippen molar-refractivity contribution < 1.29 is 0 Å². The van der Waals surface area contributed by atoms with Gasteiger partial charge in [-0.25, -0.2) is 0 Å². The van der Waals surface area contributed by atoms with E-state index in [1.165, 1.54) is 120 Å². The molecule has 4 heteroatoms. The summed E-state index contributed by atoms with van der Waals surface area (Å²) in [5, 5.41) is 2.44. The number of hydrogen-bond acceptors (Lipinski definition) is 4. The van der Waals surface area contributed by atoms with Crippen LogP contribution in [0.2, 0.25) is 0 Å². The summed E-state index contributed by atoms with van der Waals surface area (Å²) in [6.45, 7) is 0. The van der Waals surface area contributed by atoms with E-state index in [4.69, 9.17) is 0 Å². The van der Waals surface area contributed by atoms with Crippen LogP contribution in [0.3, 0.4) is 0 Å². The standard InChI is InChI=1S/C61H38N2S2/c1-3-15-49-45(13-1)46-14-2-4-16-50(46)61(49)51-36-40(28-33-47(51)48-34-32-44(38-52(48)61)63-55-19-7-11-23-59(55)65-60-24-12-8-20-56(60)63)26-25-39-27-29-42-37-43(31-30-41(42)35-39)62-53-17-5-9-21-57(53)64-58-22-10-6-18-54(58)62/h1-38H. The van der Waals surface area contributed by atoms with E-state index in [9.17, 15) is 0 Å². The van der Waals surface area contributed by atoms with Gasteiger partial charge in [-0.1, -0.05) is 169 Å². The predicted octanol–water partition coefficient (Wildman–Crippen LogP) is 17.2. The summed E-state index contributed by atoms with van der Waals surface area (Å²) in [5.41, 5.74) is 19.7. The summed E-state index contributed by atoms with van der Waals surface area (Å²) >= 11 is 3.70. The van der Waals surface area contributed by atoms with E-state index in [1.807, 2.05) is 23.5 Å². The first-order chi connectivity index (χ1) is 32.2. The number of nitrogens with zero attached hydrogens (tertiary/aromatic N) is 2. The van der Waals surface area contributed by atoms with Gasteiger partial charge in [-0.05, 0) is 151 Å². The molecule has 2 heterocycles. The molecule has 0 aromatic heterocycles. The van der Waals surface area contributed by atoms with Gasteiger partial charge in [0.2, 0.25) is 0 Å². The van der Waals surface area contributed by atoms with E-state index in [0.717, 1.165) is 0 Å². The van der Waals surface area contributed by atoms with Crippen molar-refractivity contribution in [2.24, 2.45) is 0 Å². The lowest BCUT2D eigenvalue weighted by atomic mass is 9.70. The maximum absolute atomic E-state index is 2.50. The Morgan fingerprint density at radius 2 is 0.692 bits per heavy atom. The van der Waals surface area contributed by atoms with E-state index in [2.05, 4.69) is 240 Å². The zero-order valence-corrected chi connectivity index (χ0v) is 36.8. The van der Waals surface area contributed by atoms with Crippen LogP contribution in [0.25, 0.3) is 45.2 Å². The minimum Gasteiger partial charge on any atom is -0.308 e. The second-order valence-corrected chi connectivity index (χ2v) is 19.4. The normalized spacial score (nSPS) is 14.3. The van der Waals surface area contributed by atoms with Gasteiger partial charge in [0.15, 0.2) is 0 Å². The summed E-state index contributed by atoms with van der Waals surface area (Å²) in [4.78, 5) is 9.95. The average molecular weight is 863 g/mol. The molecular weight excluding hydrogens is 825 g/mol. The molecule has 0 unspecified atom stereocenters. The minimum atomic E-state index is -0.476. The van der Waals surface area contributed by atoms with Crippen LogP contribution in [0.4, 0.5) is 34.1 Å². The second-order valence-electron chi connectivity index (χ2n) is 17.2. The highest BCUT2D eigenvalue weighted by atomic mass is 32.2. The highest BCUT2D eigenvalue weighted by molar-refractivity contribution is 8.00. The quantitative estimate of drug-likeness (QED) is 0.163. The van der Waals surface area contributed by atoms with Gasteiger partial charge in [0.25, 0.3) is 0 Å². The number of benzene rings is 10. The predicted molar refractivity (Wildman–Crippen MR) is 273 cm³/mol. The van der Waals surface area contributed by atoms with Crippen molar-refractivity contribution in [2.75, 3.05) is 9.80 Å². The van der Waals surface area contributed by atoms with E-state index >= 15 is 0 Å². The Morgan fingerprint density at radius 1 is 0.308 bits per heavy atom. The van der Waals surface area contributed by atoms with Gasteiger partial charge < -0.3 is 9.80 Å². The van der Waals surface area contributed by atoms with Gasteiger partial charge in [0, 0.05) is 31.0 Å². The molecule has 2 aliphatic carbocycles. The topological polar surface area (TPSA) is 6.48 Å². The Balaban J connectivity index is 0.872. The van der Waals surface area contributed by atoms with Crippen LogP contribution < -0.4 is 9.80 Å². The molecule has 0 saturated heterocycles. The van der Waals surface area contributed by atoms with Gasteiger partial charge in [0.05, 0.1) is 28.2 Å². The molecule has 0 bridgehead atoms. The monoisotopic (exact) mass is 862 g/mol. The van der Waals surface area contributed by atoms with E-state index in [-0.39, 0.29) is 0 Å². The fourth-order valence-electron chi connectivity index (χ4n) is 11.0. The zero-order chi connectivity index (χ0) is 42.6. The van der Waals surface area contributed by atoms with Gasteiger partial charge >= 0.3 is 0 Å². The van der Waals surface area contributed by atoms with Gasteiger partial charge in [-0.15, -0.1) is 0 Å². The lowest BCUT2D eigenvalue weighted by Crippen LogP contribution is -2.26. The Labute approximate surface area is 387 Å². The highest BCUT2D eigenvalue weighted by Crippen LogP contribution is 2.64. The molecule has 0 N–H and O–H groups in total. The molecule has 2 aliphatic heterocycles. The lowest BCUT2D eigenvalue weighted by molar-refractivity contribution is 0.793. The molecule has 2 nitrogen and oxygen atoms in total. The molecule has 4 aliphatic rings. The largest absolute Gasteiger partial charge is 0.308 e. The average Bonchev–Trinajstić information content (AvgIpc) is 3.83. The SMILES string of the molecule is C(=Cc1ccc2cc(N3c4ccccc4Sc4ccccc43)ccc2c1)c1ccc2c(c1)C1(c3ccccc3-c3ccccc31)c1cc(N3c4ccccc4Sc4ccccc43)ccc1-2. The molecule has 10 aromatic carbocycles. The maximum atomic E-state index is 2.50. The summed E-state index contributed by atoms with van der Waals surface area (Å²) < 4.78 is 0. The number of hydrogen-bond donors (Lipinski definition) is 0. The van der Waals surface area contributed by atoms with Crippen molar-refractivity contribution in [3.63, 3.8) is 0 Å². The Kier molecular flexibility index (Phi) is 8.10. The smallest absolute Gasteiger partial charge is 0.0726 e. The lowest BCUT2D eigenvalue weighted by Gasteiger charge is -2.35. The van der Waals surface area contributed by atoms with Gasteiger partial charge in [-0.2, -0.15) is 0 Å². The molecule has 0 atom stereocenters. The first-order valence-electron chi connectivity index (χ1n) is 22.2. The minimum absolute atomic E-state index is 0.476. The molecular formula is C61H38N2S2. The first kappa shape index (κ1) is 36.9. The van der Waals surface area contributed by atoms with Crippen LogP contribution in [0.15, 0.2) is 238 Å². The third-order valence-corrected chi connectivity index (χ3v) is 16.1. The number of anilines is 6. The molecule has 0 saturated carbocycles. The maximum Gasteiger partial charge on any atom is 0.0726 e. The number of fused-ring (bicyclic) bond motifs is 15. The van der Waals surface area contributed by atoms with Crippen LogP contribution in [-0.2, 0) is 5.41 Å². The van der Waals surface area contributed by atoms with Crippen molar-refractivity contribution in [2.45, 2.75) is 25.0 Å². The fourth-order valence-corrected chi connectivity index (χ4v) is 13.2. The van der Waals surface area contributed by atoms with E-state index in [0.29, 0.717) is 0 Å². The molecule has 0 amide bonds. The van der Waals surface area contributed by atoms with Crippen molar-refractivity contribution in [1.29, 1.82) is 0 Å². The first-order valence-corrected chi connectivity index (χ1v) is 23.9. The number of rotatable bonds is 4. The fraction of sp³-hybridized carbons (Fsp3) is 0.0164. The van der Waals surface area contributed by atoms with Gasteiger partial charge in [0.1, 0.15) is 0 Å². The van der Waals surface area contributed by atoms with Crippen LogP contribution >= 0.6 is 23.5 Å². The summed E-state index contributed by atoms with van der Waals surface area (Å²) in [7, 11) is 0. The molecule has 0 fully saturated rings. The third kappa shape index (κ3) is 5.45. The molecule has 1 spiro atoms. The Hall–Kier alpha value is -7.50. The molecule has 65 heavy (non-hydrogen) atoms. The van der Waals surface area contributed by atoms with E-state index in [1.54, 1.807) is 0 Å². The van der Waals surface area contributed by atoms with Crippen LogP contribution in [0.1, 0.15) is 33.4 Å². The van der Waals surface area contributed by atoms with Crippen molar-refractivity contribution in [1.82, 2.24) is 0 Å². The van der Waals surface area contributed by atoms with Crippen LogP contribution in [-0.4, -0.2) is 0 Å². The second kappa shape index (κ2) is 14.3. The molecule has 14 rings (SSSR count). The number of para-hydroxylation sites is 4. The Bertz CT molecular complexity index is 3520. The molecule has 10 aromatic rings.